The van der Waals surface area contributed by atoms with Gasteiger partial charge in [-0.2, -0.15) is 8.78 Å². The zero-order chi connectivity index (χ0) is 13.9. The van der Waals surface area contributed by atoms with Crippen LogP contribution in [-0.4, -0.2) is 18.5 Å². The molecule has 0 saturated carbocycles. The average Bonchev–Trinajstić information content (AvgIpc) is 2.28. The van der Waals surface area contributed by atoms with Crippen LogP contribution in [0.15, 0.2) is 18.2 Å². The molecule has 1 aromatic carbocycles. The van der Waals surface area contributed by atoms with Crippen LogP contribution in [0, 0.1) is 12.7 Å². The molecule has 3 nitrogen and oxygen atoms in total. The summed E-state index contributed by atoms with van der Waals surface area (Å²) in [6.07, 6.45) is 0. The first kappa shape index (κ1) is 17.7. The predicted octanol–water partition coefficient (Wildman–Crippen LogP) is 2.75. The fourth-order valence-corrected chi connectivity index (χ4v) is 1.54. The molecule has 0 aliphatic carbocycles. The number of ether oxygens (including phenoxy) is 1. The molecule has 0 amide bonds. The summed E-state index contributed by atoms with van der Waals surface area (Å²) in [5.41, 5.74) is 5.65. The van der Waals surface area contributed by atoms with Crippen molar-refractivity contribution in [2.75, 3.05) is 6.61 Å². The van der Waals surface area contributed by atoms with Crippen LogP contribution in [-0.2, 0) is 9.53 Å². The lowest BCUT2D eigenvalue weighted by atomic mass is 9.97. The quantitative estimate of drug-likeness (QED) is 0.870. The normalized spacial score (nSPS) is 12.5. The Kier molecular flexibility index (Phi) is 6.32. The van der Waals surface area contributed by atoms with Gasteiger partial charge in [0.05, 0.1) is 6.61 Å². The van der Waals surface area contributed by atoms with E-state index in [1.165, 1.54) is 13.8 Å². The Hall–Kier alpha value is -1.27. The zero-order valence-electron chi connectivity index (χ0n) is 10.5. The summed E-state index contributed by atoms with van der Waals surface area (Å²) in [5, 5.41) is 0. The van der Waals surface area contributed by atoms with Crippen LogP contribution >= 0.6 is 12.4 Å². The van der Waals surface area contributed by atoms with Crippen molar-refractivity contribution in [3.63, 3.8) is 0 Å². The van der Waals surface area contributed by atoms with E-state index in [1.54, 1.807) is 0 Å². The Morgan fingerprint density at radius 3 is 2.53 bits per heavy atom. The van der Waals surface area contributed by atoms with Gasteiger partial charge in [0.2, 0.25) is 0 Å². The van der Waals surface area contributed by atoms with E-state index < -0.39 is 23.8 Å². The summed E-state index contributed by atoms with van der Waals surface area (Å²) < 4.78 is 44.5. The van der Waals surface area contributed by atoms with Gasteiger partial charge in [0.1, 0.15) is 11.9 Å². The van der Waals surface area contributed by atoms with Crippen molar-refractivity contribution in [3.05, 3.63) is 35.1 Å². The maximum absolute atomic E-state index is 13.7. The third-order valence-electron chi connectivity index (χ3n) is 2.51. The maximum Gasteiger partial charge on any atom is 0.379 e. The van der Waals surface area contributed by atoms with Crippen LogP contribution in [0.25, 0.3) is 0 Å². The number of carbonyl (C=O) groups excluding carboxylic acids is 1. The Bertz CT molecular complexity index is 455. The van der Waals surface area contributed by atoms with Gasteiger partial charge in [0.25, 0.3) is 0 Å². The van der Waals surface area contributed by atoms with Crippen LogP contribution in [0.2, 0.25) is 0 Å². The van der Waals surface area contributed by atoms with Gasteiger partial charge in [-0.15, -0.1) is 12.4 Å². The molecule has 1 aromatic rings. The first-order valence-electron chi connectivity index (χ1n) is 5.37. The third kappa shape index (κ3) is 3.84. The molecule has 19 heavy (non-hydrogen) atoms. The average molecular weight is 298 g/mol. The molecule has 7 heteroatoms. The Morgan fingerprint density at radius 1 is 1.47 bits per heavy atom. The summed E-state index contributed by atoms with van der Waals surface area (Å²) in [5.74, 6) is -6.08. The minimum Gasteiger partial charge on any atom is -0.462 e. The van der Waals surface area contributed by atoms with Crippen LogP contribution < -0.4 is 5.73 Å². The molecule has 0 heterocycles. The number of nitrogens with two attached hydrogens (primary N) is 1. The predicted molar refractivity (Wildman–Crippen MR) is 66.9 cm³/mol. The molecular formula is C12H15ClF3NO2. The molecule has 0 fully saturated rings. The Balaban J connectivity index is 0.00000324. The summed E-state index contributed by atoms with van der Waals surface area (Å²) >= 11 is 0. The zero-order valence-corrected chi connectivity index (χ0v) is 11.3. The molecule has 1 atom stereocenters. The van der Waals surface area contributed by atoms with Gasteiger partial charge >= 0.3 is 11.9 Å². The molecule has 108 valence electrons. The van der Waals surface area contributed by atoms with E-state index >= 15 is 0 Å². The molecule has 0 bridgehead atoms. The topological polar surface area (TPSA) is 52.3 Å². The standard InChI is InChI=1S/C12H14F3NO2.ClH/c1-3-18-11(17)12(14,15)10(16)9-5-4-8(13)6-7(9)2;/h4-6,10H,3,16H2,1-2H3;1H/t10-;/m0./s1. The summed E-state index contributed by atoms with van der Waals surface area (Å²) in [6, 6.07) is 1.37. The fourth-order valence-electron chi connectivity index (χ4n) is 1.54. The van der Waals surface area contributed by atoms with Gasteiger partial charge in [-0.3, -0.25) is 0 Å². The highest BCUT2D eigenvalue weighted by molar-refractivity contribution is 5.85. The Labute approximate surface area is 115 Å². The summed E-state index contributed by atoms with van der Waals surface area (Å²) in [6.45, 7) is 2.70. The number of esters is 1. The number of halogens is 4. The first-order chi connectivity index (χ1) is 8.30. The molecule has 0 spiro atoms. The van der Waals surface area contributed by atoms with E-state index in [1.807, 2.05) is 0 Å². The van der Waals surface area contributed by atoms with Gasteiger partial charge < -0.3 is 10.5 Å². The molecule has 0 radical (unpaired) electrons. The van der Waals surface area contributed by atoms with Crippen LogP contribution in [0.1, 0.15) is 24.1 Å². The lowest BCUT2D eigenvalue weighted by molar-refractivity contribution is -0.174. The monoisotopic (exact) mass is 297 g/mol. The van der Waals surface area contributed by atoms with Crippen molar-refractivity contribution in [3.8, 4) is 0 Å². The highest BCUT2D eigenvalue weighted by atomic mass is 35.5. The van der Waals surface area contributed by atoms with E-state index in [0.717, 1.165) is 18.2 Å². The second-order valence-corrected chi connectivity index (χ2v) is 3.82. The van der Waals surface area contributed by atoms with Crippen molar-refractivity contribution >= 4 is 18.4 Å². The molecule has 0 aliphatic heterocycles. The van der Waals surface area contributed by atoms with Crippen molar-refractivity contribution in [1.82, 2.24) is 0 Å². The highest BCUT2D eigenvalue weighted by Gasteiger charge is 2.48. The molecule has 0 aromatic heterocycles. The number of aryl methyl sites for hydroxylation is 1. The highest BCUT2D eigenvalue weighted by Crippen LogP contribution is 2.32. The summed E-state index contributed by atoms with van der Waals surface area (Å²) in [4.78, 5) is 11.1. The molecule has 0 saturated heterocycles. The molecule has 2 N–H and O–H groups in total. The minimum atomic E-state index is -3.85. The fraction of sp³-hybridized carbons (Fsp3) is 0.417. The van der Waals surface area contributed by atoms with Gasteiger partial charge in [-0.1, -0.05) is 6.07 Å². The van der Waals surface area contributed by atoms with Gasteiger partial charge in [0, 0.05) is 0 Å². The number of alkyl halides is 2. The first-order valence-corrected chi connectivity index (χ1v) is 5.37. The number of rotatable bonds is 4. The minimum absolute atomic E-state index is 0. The molecule has 1 rings (SSSR count). The number of hydrogen-bond acceptors (Lipinski definition) is 3. The number of carbonyl (C=O) groups is 1. The van der Waals surface area contributed by atoms with Crippen molar-refractivity contribution < 1.29 is 22.7 Å². The number of hydrogen-bond donors (Lipinski definition) is 1. The van der Waals surface area contributed by atoms with E-state index in [-0.39, 0.29) is 30.1 Å². The van der Waals surface area contributed by atoms with E-state index in [9.17, 15) is 18.0 Å². The van der Waals surface area contributed by atoms with Gasteiger partial charge in [-0.25, -0.2) is 9.18 Å². The molecule has 0 aliphatic rings. The van der Waals surface area contributed by atoms with Crippen molar-refractivity contribution in [2.45, 2.75) is 25.8 Å². The van der Waals surface area contributed by atoms with Gasteiger partial charge in [0.15, 0.2) is 0 Å². The van der Waals surface area contributed by atoms with Crippen LogP contribution in [0.3, 0.4) is 0 Å². The third-order valence-corrected chi connectivity index (χ3v) is 2.51. The molecule has 0 unspecified atom stereocenters. The molecular weight excluding hydrogens is 283 g/mol. The number of benzene rings is 1. The second kappa shape index (κ2) is 6.77. The van der Waals surface area contributed by atoms with Crippen LogP contribution in [0.5, 0.6) is 0 Å². The van der Waals surface area contributed by atoms with E-state index in [4.69, 9.17) is 5.73 Å². The lowest BCUT2D eigenvalue weighted by Crippen LogP contribution is -2.42. The SMILES string of the molecule is CCOC(=O)C(F)(F)[C@@H](N)c1ccc(F)cc1C.Cl. The van der Waals surface area contributed by atoms with Crippen LogP contribution in [0.4, 0.5) is 13.2 Å². The van der Waals surface area contributed by atoms with E-state index in [2.05, 4.69) is 4.74 Å². The van der Waals surface area contributed by atoms with Gasteiger partial charge in [-0.05, 0) is 37.1 Å². The second-order valence-electron chi connectivity index (χ2n) is 3.82. The smallest absolute Gasteiger partial charge is 0.379 e. The lowest BCUT2D eigenvalue weighted by Gasteiger charge is -2.23. The van der Waals surface area contributed by atoms with E-state index in [0.29, 0.717) is 0 Å². The maximum atomic E-state index is 13.7. The Morgan fingerprint density at radius 2 is 2.05 bits per heavy atom. The largest absolute Gasteiger partial charge is 0.462 e. The van der Waals surface area contributed by atoms with Crippen molar-refractivity contribution in [1.29, 1.82) is 0 Å². The van der Waals surface area contributed by atoms with Crippen molar-refractivity contribution in [2.24, 2.45) is 5.73 Å². The summed E-state index contributed by atoms with van der Waals surface area (Å²) in [7, 11) is 0.